The highest BCUT2D eigenvalue weighted by atomic mass is 16.4. The summed E-state index contributed by atoms with van der Waals surface area (Å²) in [6, 6.07) is 8.19. The van der Waals surface area contributed by atoms with Crippen molar-refractivity contribution in [1.29, 1.82) is 0 Å². The molecule has 0 bridgehead atoms. The highest BCUT2D eigenvalue weighted by Crippen LogP contribution is 2.21. The van der Waals surface area contributed by atoms with E-state index in [1.807, 2.05) is 12.1 Å². The number of carboxylic acid groups (broad SMARTS) is 1. The summed E-state index contributed by atoms with van der Waals surface area (Å²) >= 11 is 0. The van der Waals surface area contributed by atoms with Crippen LogP contribution in [-0.2, 0) is 11.2 Å². The fourth-order valence-electron chi connectivity index (χ4n) is 2.24. The van der Waals surface area contributed by atoms with Gasteiger partial charge in [-0.15, -0.1) is 0 Å². The number of hydrogen-bond acceptors (Lipinski definition) is 3. The Bertz CT molecular complexity index is 438. The van der Waals surface area contributed by atoms with Crippen LogP contribution in [0.2, 0.25) is 0 Å². The van der Waals surface area contributed by atoms with Gasteiger partial charge in [0.15, 0.2) is 0 Å². The zero-order valence-corrected chi connectivity index (χ0v) is 13.2. The monoisotopic (exact) mass is 278 g/mol. The summed E-state index contributed by atoms with van der Waals surface area (Å²) in [5.74, 6) is -0.796. The molecule has 1 N–H and O–H groups in total. The van der Waals surface area contributed by atoms with Crippen LogP contribution in [0.3, 0.4) is 0 Å². The first-order valence-corrected chi connectivity index (χ1v) is 7.09. The lowest BCUT2D eigenvalue weighted by molar-refractivity contribution is -0.148. The molecule has 4 heteroatoms. The molecule has 0 saturated carbocycles. The predicted molar refractivity (Wildman–Crippen MR) is 83.4 cm³/mol. The van der Waals surface area contributed by atoms with Gasteiger partial charge in [0.1, 0.15) is 5.54 Å². The normalized spacial score (nSPS) is 14.1. The zero-order chi connectivity index (χ0) is 15.3. The molecule has 1 rings (SSSR count). The summed E-state index contributed by atoms with van der Waals surface area (Å²) in [6.45, 7) is 7.96. The number of benzene rings is 1. The fraction of sp³-hybridized carbons (Fsp3) is 0.562. The largest absolute Gasteiger partial charge is 0.480 e. The molecule has 4 nitrogen and oxygen atoms in total. The minimum Gasteiger partial charge on any atom is -0.480 e. The molecule has 0 radical (unpaired) electrons. The van der Waals surface area contributed by atoms with Crippen molar-refractivity contribution in [2.45, 2.75) is 32.7 Å². The van der Waals surface area contributed by atoms with Gasteiger partial charge >= 0.3 is 5.97 Å². The molecule has 1 aromatic carbocycles. The minimum atomic E-state index is -0.878. The van der Waals surface area contributed by atoms with Crippen molar-refractivity contribution in [2.75, 3.05) is 32.1 Å². The molecule has 1 unspecified atom stereocenters. The van der Waals surface area contributed by atoms with Crippen molar-refractivity contribution in [1.82, 2.24) is 4.90 Å². The van der Waals surface area contributed by atoms with Crippen LogP contribution in [-0.4, -0.2) is 48.7 Å². The number of rotatable bonds is 7. The highest BCUT2D eigenvalue weighted by Gasteiger charge is 2.35. The van der Waals surface area contributed by atoms with Crippen LogP contribution in [0.5, 0.6) is 0 Å². The third-order valence-corrected chi connectivity index (χ3v) is 4.06. The molecule has 0 aromatic heterocycles. The Morgan fingerprint density at radius 1 is 1.15 bits per heavy atom. The fourth-order valence-corrected chi connectivity index (χ4v) is 2.24. The number of likely N-dealkylation sites (N-methyl/N-ethyl adjacent to an activating group) is 1. The van der Waals surface area contributed by atoms with Crippen molar-refractivity contribution in [3.8, 4) is 0 Å². The number of aliphatic carboxylic acids is 1. The lowest BCUT2D eigenvalue weighted by Gasteiger charge is -2.32. The van der Waals surface area contributed by atoms with Gasteiger partial charge in [-0.05, 0) is 52.6 Å². The van der Waals surface area contributed by atoms with Crippen LogP contribution < -0.4 is 4.90 Å². The first-order valence-electron chi connectivity index (χ1n) is 7.09. The molecular weight excluding hydrogens is 252 g/mol. The van der Waals surface area contributed by atoms with E-state index in [-0.39, 0.29) is 0 Å². The number of carbonyl (C=O) groups is 1. The Morgan fingerprint density at radius 3 is 2.00 bits per heavy atom. The van der Waals surface area contributed by atoms with Gasteiger partial charge in [0, 0.05) is 25.2 Å². The maximum atomic E-state index is 11.5. The molecule has 112 valence electrons. The Hall–Kier alpha value is -1.55. The van der Waals surface area contributed by atoms with Gasteiger partial charge in [-0.1, -0.05) is 12.1 Å². The summed E-state index contributed by atoms with van der Waals surface area (Å²) < 4.78 is 0. The van der Waals surface area contributed by atoms with E-state index in [1.165, 1.54) is 5.69 Å². The van der Waals surface area contributed by atoms with Gasteiger partial charge in [-0.3, -0.25) is 9.69 Å². The van der Waals surface area contributed by atoms with Crippen LogP contribution in [0.1, 0.15) is 26.3 Å². The standard InChI is InChI=1S/C16H26N2O2/c1-6-18(7-2)14-10-8-13(9-11-14)12-16(3,15(19)20)17(4)5/h8-11H,6-7,12H2,1-5H3,(H,19,20). The van der Waals surface area contributed by atoms with Gasteiger partial charge in [-0.2, -0.15) is 0 Å². The lowest BCUT2D eigenvalue weighted by Crippen LogP contribution is -2.50. The molecule has 0 saturated heterocycles. The van der Waals surface area contributed by atoms with Gasteiger partial charge in [0.2, 0.25) is 0 Å². The lowest BCUT2D eigenvalue weighted by atomic mass is 9.91. The average molecular weight is 278 g/mol. The second-order valence-corrected chi connectivity index (χ2v) is 5.49. The second kappa shape index (κ2) is 6.75. The minimum absolute atomic E-state index is 0.494. The first kappa shape index (κ1) is 16.5. The highest BCUT2D eigenvalue weighted by molar-refractivity contribution is 5.78. The molecule has 0 heterocycles. The van der Waals surface area contributed by atoms with Gasteiger partial charge in [0.25, 0.3) is 0 Å². The van der Waals surface area contributed by atoms with Crippen molar-refractivity contribution in [3.63, 3.8) is 0 Å². The van der Waals surface area contributed by atoms with Crippen molar-refractivity contribution < 1.29 is 9.90 Å². The smallest absolute Gasteiger partial charge is 0.324 e. The third kappa shape index (κ3) is 3.51. The average Bonchev–Trinajstić information content (AvgIpc) is 2.41. The van der Waals surface area contributed by atoms with E-state index in [2.05, 4.69) is 30.9 Å². The molecule has 0 aliphatic rings. The molecule has 0 aliphatic heterocycles. The number of hydrogen-bond donors (Lipinski definition) is 1. The summed E-state index contributed by atoms with van der Waals surface area (Å²) in [4.78, 5) is 15.5. The van der Waals surface area contributed by atoms with E-state index in [0.717, 1.165) is 18.7 Å². The van der Waals surface area contributed by atoms with Crippen LogP contribution in [0.15, 0.2) is 24.3 Å². The molecule has 0 aliphatic carbocycles. The van der Waals surface area contributed by atoms with Crippen molar-refractivity contribution >= 4 is 11.7 Å². The topological polar surface area (TPSA) is 43.8 Å². The Morgan fingerprint density at radius 2 is 1.65 bits per heavy atom. The summed E-state index contributed by atoms with van der Waals surface area (Å²) in [5, 5.41) is 9.43. The van der Waals surface area contributed by atoms with E-state index in [1.54, 1.807) is 25.9 Å². The molecule has 20 heavy (non-hydrogen) atoms. The van der Waals surface area contributed by atoms with Gasteiger partial charge in [0.05, 0.1) is 0 Å². The summed E-state index contributed by atoms with van der Waals surface area (Å²) in [6.07, 6.45) is 0.494. The Balaban J connectivity index is 2.91. The van der Waals surface area contributed by atoms with Crippen LogP contribution in [0.25, 0.3) is 0 Å². The first-order chi connectivity index (χ1) is 9.35. The molecular formula is C16H26N2O2. The Labute approximate surface area is 122 Å². The molecule has 0 amide bonds. The summed E-state index contributed by atoms with van der Waals surface area (Å²) in [7, 11) is 3.61. The predicted octanol–water partition coefficient (Wildman–Crippen LogP) is 2.48. The van der Waals surface area contributed by atoms with Crippen molar-refractivity contribution in [2.24, 2.45) is 0 Å². The third-order valence-electron chi connectivity index (χ3n) is 4.06. The van der Waals surface area contributed by atoms with Gasteiger partial charge in [-0.25, -0.2) is 0 Å². The maximum Gasteiger partial charge on any atom is 0.324 e. The van der Waals surface area contributed by atoms with Crippen LogP contribution in [0.4, 0.5) is 5.69 Å². The quantitative estimate of drug-likeness (QED) is 0.832. The molecule has 1 atom stereocenters. The van der Waals surface area contributed by atoms with E-state index in [0.29, 0.717) is 6.42 Å². The molecule has 0 spiro atoms. The van der Waals surface area contributed by atoms with Crippen LogP contribution in [0, 0.1) is 0 Å². The molecule has 0 fully saturated rings. The van der Waals surface area contributed by atoms with E-state index in [9.17, 15) is 9.90 Å². The number of nitrogens with zero attached hydrogens (tertiary/aromatic N) is 2. The SMILES string of the molecule is CCN(CC)c1ccc(CC(C)(C(=O)O)N(C)C)cc1. The van der Waals surface area contributed by atoms with Gasteiger partial charge < -0.3 is 10.0 Å². The molecule has 1 aromatic rings. The van der Waals surface area contributed by atoms with Crippen molar-refractivity contribution in [3.05, 3.63) is 29.8 Å². The van der Waals surface area contributed by atoms with Crippen LogP contribution >= 0.6 is 0 Å². The Kier molecular flexibility index (Phi) is 5.57. The van der Waals surface area contributed by atoms with E-state index < -0.39 is 11.5 Å². The van der Waals surface area contributed by atoms with E-state index >= 15 is 0 Å². The van der Waals surface area contributed by atoms with E-state index in [4.69, 9.17) is 0 Å². The zero-order valence-electron chi connectivity index (χ0n) is 13.2. The summed E-state index contributed by atoms with van der Waals surface area (Å²) in [5.41, 5.74) is 1.34. The second-order valence-electron chi connectivity index (χ2n) is 5.49. The number of carboxylic acids is 1. The number of anilines is 1. The maximum absolute atomic E-state index is 11.5.